The predicted molar refractivity (Wildman–Crippen MR) is 72.4 cm³/mol. The monoisotopic (exact) mass is 284 g/mol. The topological polar surface area (TPSA) is 34.1 Å². The van der Waals surface area contributed by atoms with Crippen LogP contribution in [0.4, 0.5) is 0 Å². The van der Waals surface area contributed by atoms with Crippen LogP contribution in [0.3, 0.4) is 0 Å². The molecule has 0 radical (unpaired) electrons. The summed E-state index contributed by atoms with van der Waals surface area (Å²) in [6, 6.07) is 4.78. The van der Waals surface area contributed by atoms with Crippen molar-refractivity contribution in [3.8, 4) is 0 Å². The Balaban J connectivity index is 2.29. The Labute approximate surface area is 116 Å². The molecule has 0 spiro atoms. The average Bonchev–Trinajstić information content (AvgIpc) is 2.56. The average molecular weight is 285 g/mol. The smallest absolute Gasteiger partial charge is 0.174 e. The summed E-state index contributed by atoms with van der Waals surface area (Å²) in [4.78, 5) is 24.3. The van der Waals surface area contributed by atoms with Gasteiger partial charge in [-0.2, -0.15) is 0 Å². The maximum absolute atomic E-state index is 12.4. The van der Waals surface area contributed by atoms with Crippen molar-refractivity contribution in [3.05, 3.63) is 33.8 Å². The van der Waals surface area contributed by atoms with Crippen LogP contribution in [0.25, 0.3) is 0 Å². The Morgan fingerprint density at radius 1 is 1.17 bits per heavy atom. The van der Waals surface area contributed by atoms with Crippen molar-refractivity contribution >= 4 is 34.8 Å². The fourth-order valence-corrected chi connectivity index (χ4v) is 2.69. The maximum Gasteiger partial charge on any atom is 0.174 e. The Hall–Kier alpha value is -0.860. The molecule has 1 aliphatic rings. The van der Waals surface area contributed by atoms with Crippen LogP contribution in [-0.2, 0) is 4.79 Å². The molecule has 1 atom stereocenters. The van der Waals surface area contributed by atoms with Crippen LogP contribution in [0, 0.1) is 5.92 Å². The third-order valence-corrected chi connectivity index (χ3v) is 3.88. The molecule has 1 aromatic rings. The molecule has 1 fully saturated rings. The highest BCUT2D eigenvalue weighted by molar-refractivity contribution is 6.36. The fourth-order valence-electron chi connectivity index (χ4n) is 2.31. The number of halogens is 2. The Morgan fingerprint density at radius 3 is 2.72 bits per heavy atom. The normalized spacial score (nSPS) is 20.6. The summed E-state index contributed by atoms with van der Waals surface area (Å²) in [6.45, 7) is 0. The molecule has 18 heavy (non-hydrogen) atoms. The molecule has 0 heterocycles. The molecule has 0 bridgehead atoms. The van der Waals surface area contributed by atoms with E-state index in [0.717, 1.165) is 19.3 Å². The first-order chi connectivity index (χ1) is 8.59. The number of hydrogen-bond acceptors (Lipinski definition) is 2. The first kappa shape index (κ1) is 13.6. The van der Waals surface area contributed by atoms with Crippen LogP contribution in [-0.4, -0.2) is 11.6 Å². The Morgan fingerprint density at radius 2 is 1.94 bits per heavy atom. The third-order valence-electron chi connectivity index (χ3n) is 3.31. The van der Waals surface area contributed by atoms with Gasteiger partial charge in [-0.1, -0.05) is 36.0 Å². The minimum absolute atomic E-state index is 0.0357. The van der Waals surface area contributed by atoms with Gasteiger partial charge in [0.05, 0.1) is 10.9 Å². The lowest BCUT2D eigenvalue weighted by Crippen LogP contribution is -2.23. The van der Waals surface area contributed by atoms with Crippen molar-refractivity contribution in [2.24, 2.45) is 5.92 Å². The van der Waals surface area contributed by atoms with E-state index in [1.165, 1.54) is 0 Å². The second-order valence-corrected chi connectivity index (χ2v) is 5.45. The van der Waals surface area contributed by atoms with E-state index in [1.807, 2.05) is 0 Å². The van der Waals surface area contributed by atoms with Gasteiger partial charge in [0, 0.05) is 17.0 Å². The van der Waals surface area contributed by atoms with Crippen LogP contribution >= 0.6 is 23.2 Å². The SMILES string of the molecule is O=C1CCCCCC1C(=O)c1cc(Cl)ccc1Cl. The molecule has 0 aliphatic heterocycles. The number of carbonyl (C=O) groups is 2. The number of ketones is 2. The van der Waals surface area contributed by atoms with Gasteiger partial charge < -0.3 is 0 Å². The molecule has 0 N–H and O–H groups in total. The van der Waals surface area contributed by atoms with E-state index in [0.29, 0.717) is 28.5 Å². The largest absolute Gasteiger partial charge is 0.299 e. The molecule has 1 aromatic carbocycles. The van der Waals surface area contributed by atoms with Gasteiger partial charge in [0.1, 0.15) is 5.78 Å². The molecule has 1 saturated carbocycles. The molecule has 2 nitrogen and oxygen atoms in total. The summed E-state index contributed by atoms with van der Waals surface area (Å²) in [7, 11) is 0. The van der Waals surface area contributed by atoms with Gasteiger partial charge in [0.25, 0.3) is 0 Å². The fraction of sp³-hybridized carbons (Fsp3) is 0.429. The van der Waals surface area contributed by atoms with Gasteiger partial charge >= 0.3 is 0 Å². The van der Waals surface area contributed by atoms with Crippen molar-refractivity contribution in [2.45, 2.75) is 32.1 Å². The van der Waals surface area contributed by atoms with Crippen LogP contribution < -0.4 is 0 Å². The zero-order valence-electron chi connectivity index (χ0n) is 9.92. The highest BCUT2D eigenvalue weighted by atomic mass is 35.5. The minimum Gasteiger partial charge on any atom is -0.299 e. The van der Waals surface area contributed by atoms with Gasteiger partial charge in [0.15, 0.2) is 5.78 Å². The van der Waals surface area contributed by atoms with Crippen molar-refractivity contribution in [2.75, 3.05) is 0 Å². The van der Waals surface area contributed by atoms with E-state index in [-0.39, 0.29) is 11.6 Å². The van der Waals surface area contributed by atoms with Gasteiger partial charge in [-0.05, 0) is 31.0 Å². The summed E-state index contributed by atoms with van der Waals surface area (Å²) < 4.78 is 0. The van der Waals surface area contributed by atoms with E-state index >= 15 is 0 Å². The third kappa shape index (κ3) is 2.93. The highest BCUT2D eigenvalue weighted by Gasteiger charge is 2.29. The van der Waals surface area contributed by atoms with E-state index < -0.39 is 5.92 Å². The quantitative estimate of drug-likeness (QED) is 0.460. The standard InChI is InChI=1S/C14H14Cl2O2/c15-9-6-7-12(16)11(8-9)14(18)10-4-2-1-3-5-13(10)17/h6-8,10H,1-5H2. The number of Topliss-reactive ketones (excluding diaryl/α,β-unsaturated/α-hetero) is 2. The second kappa shape index (κ2) is 5.85. The molecule has 0 aromatic heterocycles. The lowest BCUT2D eigenvalue weighted by molar-refractivity contribution is -0.121. The van der Waals surface area contributed by atoms with Crippen molar-refractivity contribution in [3.63, 3.8) is 0 Å². The number of hydrogen-bond donors (Lipinski definition) is 0. The lowest BCUT2D eigenvalue weighted by Gasteiger charge is -2.13. The molecule has 0 amide bonds. The first-order valence-corrected chi connectivity index (χ1v) is 6.87. The number of benzene rings is 1. The summed E-state index contributed by atoms with van der Waals surface area (Å²) in [6.07, 6.45) is 3.93. The molecule has 1 unspecified atom stereocenters. The maximum atomic E-state index is 12.4. The van der Waals surface area contributed by atoms with Crippen molar-refractivity contribution in [1.29, 1.82) is 0 Å². The minimum atomic E-state index is -0.538. The van der Waals surface area contributed by atoms with Crippen LogP contribution in [0.1, 0.15) is 42.5 Å². The van der Waals surface area contributed by atoms with E-state index in [1.54, 1.807) is 18.2 Å². The second-order valence-electron chi connectivity index (χ2n) is 4.61. The Kier molecular flexibility index (Phi) is 4.41. The summed E-state index contributed by atoms with van der Waals surface area (Å²) in [5, 5.41) is 0.824. The van der Waals surface area contributed by atoms with Crippen molar-refractivity contribution < 1.29 is 9.59 Å². The zero-order valence-corrected chi connectivity index (χ0v) is 11.4. The zero-order chi connectivity index (χ0) is 13.1. The number of carbonyl (C=O) groups excluding carboxylic acids is 2. The van der Waals surface area contributed by atoms with E-state index in [9.17, 15) is 9.59 Å². The predicted octanol–water partition coefficient (Wildman–Crippen LogP) is 4.33. The highest BCUT2D eigenvalue weighted by Crippen LogP contribution is 2.28. The molecule has 2 rings (SSSR count). The van der Waals surface area contributed by atoms with Gasteiger partial charge in [-0.3, -0.25) is 9.59 Å². The van der Waals surface area contributed by atoms with E-state index in [4.69, 9.17) is 23.2 Å². The van der Waals surface area contributed by atoms with Crippen LogP contribution in [0.2, 0.25) is 10.0 Å². The van der Waals surface area contributed by atoms with Gasteiger partial charge in [-0.15, -0.1) is 0 Å². The summed E-state index contributed by atoms with van der Waals surface area (Å²) >= 11 is 11.9. The molecule has 0 saturated heterocycles. The summed E-state index contributed by atoms with van der Waals surface area (Å²) in [5.41, 5.74) is 0.365. The van der Waals surface area contributed by atoms with Gasteiger partial charge in [-0.25, -0.2) is 0 Å². The lowest BCUT2D eigenvalue weighted by atomic mass is 9.90. The van der Waals surface area contributed by atoms with Gasteiger partial charge in [0.2, 0.25) is 0 Å². The molecular weight excluding hydrogens is 271 g/mol. The molecular formula is C14H14Cl2O2. The first-order valence-electron chi connectivity index (χ1n) is 6.11. The van der Waals surface area contributed by atoms with E-state index in [2.05, 4.69) is 0 Å². The Bertz CT molecular complexity index is 483. The number of rotatable bonds is 2. The van der Waals surface area contributed by atoms with Crippen LogP contribution in [0.15, 0.2) is 18.2 Å². The van der Waals surface area contributed by atoms with Crippen LogP contribution in [0.5, 0.6) is 0 Å². The van der Waals surface area contributed by atoms with Crippen molar-refractivity contribution in [1.82, 2.24) is 0 Å². The molecule has 1 aliphatic carbocycles. The molecule has 4 heteroatoms. The molecule has 96 valence electrons. The summed E-state index contributed by atoms with van der Waals surface area (Å²) in [5.74, 6) is -0.689.